The van der Waals surface area contributed by atoms with E-state index in [0.29, 0.717) is 11.1 Å². The standard InChI is InChI=1S/C23H24F4N2O3/c1-14(16-6-8-17(9-7-16)22(31)32-2)28-21(30)20-11-19(24)13-29(20)12-15-4-3-5-18(10-15)23(25,26)27/h3-10,14,19-20H,11-13H2,1-2H3,(H,28,30)/t14-,19-,20+/m0/s1. The van der Waals surface area contributed by atoms with Gasteiger partial charge in [-0.15, -0.1) is 0 Å². The minimum Gasteiger partial charge on any atom is -0.465 e. The summed E-state index contributed by atoms with van der Waals surface area (Å²) in [5.41, 5.74) is 0.692. The molecule has 5 nitrogen and oxygen atoms in total. The summed E-state index contributed by atoms with van der Waals surface area (Å²) in [7, 11) is 1.28. The molecule has 32 heavy (non-hydrogen) atoms. The van der Waals surface area contributed by atoms with Crippen molar-refractivity contribution in [2.75, 3.05) is 13.7 Å². The van der Waals surface area contributed by atoms with Crippen LogP contribution in [0.5, 0.6) is 0 Å². The summed E-state index contributed by atoms with van der Waals surface area (Å²) in [6.45, 7) is 1.76. The Morgan fingerprint density at radius 1 is 1.19 bits per heavy atom. The average Bonchev–Trinajstić information content (AvgIpc) is 3.13. The van der Waals surface area contributed by atoms with Gasteiger partial charge in [0.1, 0.15) is 6.17 Å². The summed E-state index contributed by atoms with van der Waals surface area (Å²) in [6.07, 6.45) is -5.75. The van der Waals surface area contributed by atoms with Crippen LogP contribution >= 0.6 is 0 Å². The Bertz CT molecular complexity index is 962. The molecule has 1 aliphatic heterocycles. The smallest absolute Gasteiger partial charge is 0.416 e. The van der Waals surface area contributed by atoms with Crippen molar-refractivity contribution >= 4 is 11.9 Å². The van der Waals surface area contributed by atoms with Gasteiger partial charge in [0.05, 0.1) is 30.3 Å². The zero-order valence-electron chi connectivity index (χ0n) is 17.7. The molecule has 9 heteroatoms. The van der Waals surface area contributed by atoms with Gasteiger partial charge in [-0.25, -0.2) is 9.18 Å². The van der Waals surface area contributed by atoms with Gasteiger partial charge in [0.2, 0.25) is 5.91 Å². The van der Waals surface area contributed by atoms with E-state index in [1.807, 2.05) is 0 Å². The number of rotatable bonds is 6. The lowest BCUT2D eigenvalue weighted by molar-refractivity contribution is -0.137. The Hall–Kier alpha value is -2.94. The molecular weight excluding hydrogens is 428 g/mol. The van der Waals surface area contributed by atoms with Crippen LogP contribution in [0.15, 0.2) is 48.5 Å². The lowest BCUT2D eigenvalue weighted by Crippen LogP contribution is -2.43. The van der Waals surface area contributed by atoms with E-state index < -0.39 is 41.9 Å². The van der Waals surface area contributed by atoms with E-state index in [0.717, 1.165) is 17.7 Å². The van der Waals surface area contributed by atoms with Gasteiger partial charge in [-0.1, -0.05) is 30.3 Å². The predicted octanol–water partition coefficient (Wildman–Crippen LogP) is 4.28. The highest BCUT2D eigenvalue weighted by atomic mass is 19.4. The van der Waals surface area contributed by atoms with Crippen LogP contribution in [0.4, 0.5) is 17.6 Å². The quantitative estimate of drug-likeness (QED) is 0.525. The molecule has 2 aromatic carbocycles. The normalized spacial score (nSPS) is 20.1. The molecule has 1 aliphatic rings. The topological polar surface area (TPSA) is 58.6 Å². The number of nitrogens with one attached hydrogen (secondary N) is 1. The largest absolute Gasteiger partial charge is 0.465 e. The van der Waals surface area contributed by atoms with E-state index in [2.05, 4.69) is 10.1 Å². The van der Waals surface area contributed by atoms with E-state index in [1.165, 1.54) is 19.2 Å². The first-order valence-electron chi connectivity index (χ1n) is 10.1. The van der Waals surface area contributed by atoms with Crippen LogP contribution in [0.25, 0.3) is 0 Å². The van der Waals surface area contributed by atoms with E-state index >= 15 is 0 Å². The number of carbonyl (C=O) groups is 2. The second kappa shape index (κ2) is 9.68. The molecule has 0 unspecified atom stereocenters. The molecule has 1 heterocycles. The number of halogens is 4. The van der Waals surface area contributed by atoms with Crippen molar-refractivity contribution in [3.63, 3.8) is 0 Å². The lowest BCUT2D eigenvalue weighted by Gasteiger charge is -2.25. The molecule has 1 amide bonds. The molecule has 1 fully saturated rings. The van der Waals surface area contributed by atoms with Gasteiger partial charge in [0, 0.05) is 19.5 Å². The van der Waals surface area contributed by atoms with Gasteiger partial charge in [0.25, 0.3) is 0 Å². The maximum absolute atomic E-state index is 14.1. The number of esters is 1. The van der Waals surface area contributed by atoms with E-state index in [-0.39, 0.29) is 19.5 Å². The summed E-state index contributed by atoms with van der Waals surface area (Å²) in [5.74, 6) is -0.875. The number of carbonyl (C=O) groups excluding carboxylic acids is 2. The van der Waals surface area contributed by atoms with Crippen LogP contribution in [0, 0.1) is 0 Å². The third-order valence-corrected chi connectivity index (χ3v) is 5.49. The van der Waals surface area contributed by atoms with Crippen LogP contribution in [-0.4, -0.2) is 42.6 Å². The molecule has 0 spiro atoms. The molecule has 3 atom stereocenters. The van der Waals surface area contributed by atoms with Crippen molar-refractivity contribution in [2.24, 2.45) is 0 Å². The van der Waals surface area contributed by atoms with Crippen molar-refractivity contribution in [2.45, 2.75) is 44.3 Å². The van der Waals surface area contributed by atoms with Crippen molar-refractivity contribution < 1.29 is 31.9 Å². The molecule has 1 saturated heterocycles. The van der Waals surface area contributed by atoms with Crippen LogP contribution < -0.4 is 5.32 Å². The van der Waals surface area contributed by atoms with Crippen molar-refractivity contribution in [3.05, 3.63) is 70.8 Å². The Morgan fingerprint density at radius 3 is 2.50 bits per heavy atom. The van der Waals surface area contributed by atoms with Gasteiger partial charge in [-0.05, 0) is 36.2 Å². The summed E-state index contributed by atoms with van der Waals surface area (Å²) in [5, 5.41) is 2.83. The minimum atomic E-state index is -4.47. The highest BCUT2D eigenvalue weighted by Gasteiger charge is 2.38. The van der Waals surface area contributed by atoms with Crippen LogP contribution in [0.2, 0.25) is 0 Å². The second-order valence-corrected chi connectivity index (χ2v) is 7.82. The number of ether oxygens (including phenoxy) is 1. The van der Waals surface area contributed by atoms with Crippen LogP contribution in [0.1, 0.15) is 46.4 Å². The lowest BCUT2D eigenvalue weighted by atomic mass is 10.0. The van der Waals surface area contributed by atoms with Gasteiger partial charge < -0.3 is 10.1 Å². The van der Waals surface area contributed by atoms with E-state index in [4.69, 9.17) is 0 Å². The number of likely N-dealkylation sites (tertiary alicyclic amines) is 1. The molecule has 0 saturated carbocycles. The first-order chi connectivity index (χ1) is 15.1. The molecular formula is C23H24F4N2O3. The summed E-state index contributed by atoms with van der Waals surface area (Å²) in [4.78, 5) is 26.0. The number of alkyl halides is 4. The third kappa shape index (κ3) is 5.64. The molecule has 3 rings (SSSR count). The Labute approximate surface area is 183 Å². The van der Waals surface area contributed by atoms with Crippen molar-refractivity contribution in [1.29, 1.82) is 0 Å². The van der Waals surface area contributed by atoms with Crippen molar-refractivity contribution in [1.82, 2.24) is 10.2 Å². The van der Waals surface area contributed by atoms with Gasteiger partial charge in [-0.3, -0.25) is 9.69 Å². The van der Waals surface area contributed by atoms with E-state index in [1.54, 1.807) is 36.1 Å². The number of amides is 1. The first-order valence-corrected chi connectivity index (χ1v) is 10.1. The number of methoxy groups -OCH3 is 1. The highest BCUT2D eigenvalue weighted by molar-refractivity contribution is 5.89. The predicted molar refractivity (Wildman–Crippen MR) is 109 cm³/mol. The maximum atomic E-state index is 14.1. The van der Waals surface area contributed by atoms with Gasteiger partial charge in [-0.2, -0.15) is 13.2 Å². The number of nitrogens with zero attached hydrogens (tertiary/aromatic N) is 1. The van der Waals surface area contributed by atoms with Gasteiger partial charge in [0.15, 0.2) is 0 Å². The molecule has 0 aliphatic carbocycles. The molecule has 0 radical (unpaired) electrons. The Balaban J connectivity index is 1.68. The Kier molecular flexibility index (Phi) is 7.18. The summed E-state index contributed by atoms with van der Waals surface area (Å²) < 4.78 is 57.7. The zero-order valence-corrected chi connectivity index (χ0v) is 17.7. The number of benzene rings is 2. The molecule has 0 aromatic heterocycles. The number of hydrogen-bond donors (Lipinski definition) is 1. The summed E-state index contributed by atoms with van der Waals surface area (Å²) in [6, 6.07) is 10.1. The maximum Gasteiger partial charge on any atom is 0.416 e. The SMILES string of the molecule is COC(=O)c1ccc([C@H](C)NC(=O)[C@H]2C[C@H](F)CN2Cc2cccc(C(F)(F)F)c2)cc1. The van der Waals surface area contributed by atoms with Crippen LogP contribution in [0.3, 0.4) is 0 Å². The van der Waals surface area contributed by atoms with Crippen LogP contribution in [-0.2, 0) is 22.3 Å². The zero-order chi connectivity index (χ0) is 23.5. The fourth-order valence-corrected chi connectivity index (χ4v) is 3.79. The van der Waals surface area contributed by atoms with Gasteiger partial charge >= 0.3 is 12.1 Å². The molecule has 172 valence electrons. The highest BCUT2D eigenvalue weighted by Crippen LogP contribution is 2.31. The first kappa shape index (κ1) is 23.7. The molecule has 1 N–H and O–H groups in total. The monoisotopic (exact) mass is 452 g/mol. The number of hydrogen-bond acceptors (Lipinski definition) is 4. The van der Waals surface area contributed by atoms with E-state index in [9.17, 15) is 27.2 Å². The average molecular weight is 452 g/mol. The third-order valence-electron chi connectivity index (χ3n) is 5.49. The minimum absolute atomic E-state index is 0.0290. The fourth-order valence-electron chi connectivity index (χ4n) is 3.79. The fraction of sp³-hybridized carbons (Fsp3) is 0.391. The summed E-state index contributed by atoms with van der Waals surface area (Å²) >= 11 is 0. The molecule has 0 bridgehead atoms. The Morgan fingerprint density at radius 2 is 1.88 bits per heavy atom. The second-order valence-electron chi connectivity index (χ2n) is 7.82. The van der Waals surface area contributed by atoms with Crippen molar-refractivity contribution in [3.8, 4) is 0 Å². The molecule has 2 aromatic rings.